The van der Waals surface area contributed by atoms with Crippen LogP contribution < -0.4 is 10.8 Å². The molecule has 0 fully saturated rings. The number of carbonyl (C=O) groups excluding carboxylic acids is 1. The molecule has 1 N–H and O–H groups in total. The van der Waals surface area contributed by atoms with Gasteiger partial charge in [0, 0.05) is 12.4 Å². The molecular formula is C15H15ClN4O2S. The van der Waals surface area contributed by atoms with Gasteiger partial charge in [0.25, 0.3) is 0 Å². The van der Waals surface area contributed by atoms with Gasteiger partial charge in [-0.3, -0.25) is 5.32 Å². The third kappa shape index (κ3) is 5.46. The largest absolute Gasteiger partial charge is 0.450 e. The number of rotatable bonds is 3. The van der Waals surface area contributed by atoms with E-state index in [0.717, 1.165) is 5.56 Å². The van der Waals surface area contributed by atoms with Crippen LogP contribution in [0.15, 0.2) is 47.7 Å². The minimum atomic E-state index is -0.620. The van der Waals surface area contributed by atoms with Gasteiger partial charge in [0.2, 0.25) is 5.11 Å². The Labute approximate surface area is 143 Å². The van der Waals surface area contributed by atoms with Crippen LogP contribution in [0.25, 0.3) is 0 Å². The summed E-state index contributed by atoms with van der Waals surface area (Å²) in [4.78, 5) is 19.6. The van der Waals surface area contributed by atoms with Crippen molar-refractivity contribution in [3.63, 3.8) is 0 Å². The fourth-order valence-corrected chi connectivity index (χ4v) is 2.07. The predicted molar refractivity (Wildman–Crippen MR) is 91.1 cm³/mol. The second-order valence-electron chi connectivity index (χ2n) is 4.44. The van der Waals surface area contributed by atoms with Crippen molar-refractivity contribution in [1.82, 2.24) is 14.9 Å². The van der Waals surface area contributed by atoms with Gasteiger partial charge in [-0.15, -0.1) is 0 Å². The summed E-state index contributed by atoms with van der Waals surface area (Å²) < 4.78 is 6.64. The van der Waals surface area contributed by atoms with Crippen LogP contribution in [-0.2, 0) is 11.3 Å². The maximum atomic E-state index is 11.3. The number of pyridine rings is 2. The zero-order valence-electron chi connectivity index (χ0n) is 12.4. The maximum absolute atomic E-state index is 11.3. The summed E-state index contributed by atoms with van der Waals surface area (Å²) in [5, 5.41) is 2.87. The maximum Gasteiger partial charge on any atom is 0.413 e. The van der Waals surface area contributed by atoms with E-state index in [1.165, 1.54) is 0 Å². The van der Waals surface area contributed by atoms with Crippen LogP contribution in [0.4, 0.5) is 4.79 Å². The molecular weight excluding hydrogens is 336 g/mol. The van der Waals surface area contributed by atoms with E-state index in [4.69, 9.17) is 28.6 Å². The number of halogens is 1. The summed E-state index contributed by atoms with van der Waals surface area (Å²) in [6, 6.07) is 9.12. The Kier molecular flexibility index (Phi) is 6.25. The van der Waals surface area contributed by atoms with Gasteiger partial charge in [-0.2, -0.15) is 0 Å². The molecule has 0 unspecified atom stereocenters. The number of carbonyl (C=O) groups is 1. The first-order valence-corrected chi connectivity index (χ1v) is 7.65. The van der Waals surface area contributed by atoms with Crippen LogP contribution in [0.3, 0.4) is 0 Å². The molecule has 2 aromatic rings. The topological polar surface area (TPSA) is 68.5 Å². The Bertz CT molecular complexity index is 759. The van der Waals surface area contributed by atoms with Crippen molar-refractivity contribution in [2.24, 2.45) is 4.99 Å². The quantitative estimate of drug-likeness (QED) is 0.682. The SMILES string of the molecule is CCOC(=O)NC(=S)/N=c1\ccccn1Cc1ccc(Cl)nc1. The van der Waals surface area contributed by atoms with Gasteiger partial charge >= 0.3 is 6.09 Å². The zero-order valence-corrected chi connectivity index (χ0v) is 14.0. The number of amides is 1. The molecule has 0 atom stereocenters. The molecule has 2 rings (SSSR count). The summed E-state index contributed by atoms with van der Waals surface area (Å²) in [6.07, 6.45) is 2.94. The molecule has 8 heteroatoms. The highest BCUT2D eigenvalue weighted by Gasteiger charge is 2.03. The average molecular weight is 351 g/mol. The van der Waals surface area contributed by atoms with Gasteiger partial charge in [0.05, 0.1) is 13.2 Å². The molecule has 0 bridgehead atoms. The fraction of sp³-hybridized carbons (Fsp3) is 0.200. The lowest BCUT2D eigenvalue weighted by Crippen LogP contribution is -2.31. The van der Waals surface area contributed by atoms with Crippen molar-refractivity contribution < 1.29 is 9.53 Å². The molecule has 120 valence electrons. The van der Waals surface area contributed by atoms with Gasteiger partial charge in [0.15, 0.2) is 0 Å². The number of aromatic nitrogens is 2. The van der Waals surface area contributed by atoms with Crippen LogP contribution in [0.2, 0.25) is 5.15 Å². The predicted octanol–water partition coefficient (Wildman–Crippen LogP) is 2.52. The number of nitrogens with one attached hydrogen (secondary N) is 1. The molecule has 0 aromatic carbocycles. The molecule has 0 aliphatic heterocycles. The third-order valence-corrected chi connectivity index (χ3v) is 3.18. The molecule has 23 heavy (non-hydrogen) atoms. The minimum absolute atomic E-state index is 0.0395. The van der Waals surface area contributed by atoms with Crippen molar-refractivity contribution in [2.75, 3.05) is 6.61 Å². The standard InChI is InChI=1S/C15H15ClN4O2S/c1-2-22-15(21)19-14(23)18-13-5-3-4-8-20(13)10-11-6-7-12(16)17-9-11/h3-9H,2,10H2,1H3,(H,19,21,23)/b18-13+. The van der Waals surface area contributed by atoms with Gasteiger partial charge < -0.3 is 9.30 Å². The highest BCUT2D eigenvalue weighted by atomic mass is 35.5. The number of nitrogens with zero attached hydrogens (tertiary/aromatic N) is 3. The van der Waals surface area contributed by atoms with E-state index in [2.05, 4.69) is 15.3 Å². The molecule has 0 saturated heterocycles. The molecule has 1 amide bonds. The number of hydrogen-bond donors (Lipinski definition) is 1. The summed E-state index contributed by atoms with van der Waals surface area (Å²) in [6.45, 7) is 2.53. The lowest BCUT2D eigenvalue weighted by Gasteiger charge is -2.08. The first-order chi connectivity index (χ1) is 11.1. The second-order valence-corrected chi connectivity index (χ2v) is 5.21. The smallest absolute Gasteiger partial charge is 0.413 e. The fourth-order valence-electron chi connectivity index (χ4n) is 1.79. The van der Waals surface area contributed by atoms with Crippen LogP contribution in [0, 0.1) is 0 Å². The second kappa shape index (κ2) is 8.40. The zero-order chi connectivity index (χ0) is 16.7. The van der Waals surface area contributed by atoms with E-state index in [0.29, 0.717) is 17.2 Å². The molecule has 0 aliphatic carbocycles. The van der Waals surface area contributed by atoms with Crippen LogP contribution in [0.1, 0.15) is 12.5 Å². The van der Waals surface area contributed by atoms with E-state index in [9.17, 15) is 4.79 Å². The van der Waals surface area contributed by atoms with Crippen molar-refractivity contribution in [1.29, 1.82) is 0 Å². The van der Waals surface area contributed by atoms with E-state index in [-0.39, 0.29) is 11.7 Å². The van der Waals surface area contributed by atoms with Gasteiger partial charge in [0.1, 0.15) is 10.6 Å². The van der Waals surface area contributed by atoms with Crippen molar-refractivity contribution in [3.8, 4) is 0 Å². The molecule has 0 saturated carbocycles. The summed E-state index contributed by atoms with van der Waals surface area (Å²) in [5.41, 5.74) is 1.57. The van der Waals surface area contributed by atoms with Crippen molar-refractivity contribution in [2.45, 2.75) is 13.5 Å². The Morgan fingerprint density at radius 2 is 2.26 bits per heavy atom. The van der Waals surface area contributed by atoms with Gasteiger partial charge in [-0.1, -0.05) is 23.7 Å². The summed E-state index contributed by atoms with van der Waals surface area (Å²) in [5.74, 6) is 0. The Morgan fingerprint density at radius 1 is 1.43 bits per heavy atom. The lowest BCUT2D eigenvalue weighted by molar-refractivity contribution is 0.158. The van der Waals surface area contributed by atoms with Gasteiger partial charge in [-0.05, 0) is 42.9 Å². The molecule has 0 aliphatic rings. The van der Waals surface area contributed by atoms with Crippen LogP contribution in [-0.4, -0.2) is 27.4 Å². The average Bonchev–Trinajstić information content (AvgIpc) is 2.51. The molecule has 2 aromatic heterocycles. The Hall–Kier alpha value is -2.25. The summed E-state index contributed by atoms with van der Waals surface area (Å²) >= 11 is 10.8. The first kappa shape index (κ1) is 17.1. The van der Waals surface area contributed by atoms with Crippen LogP contribution in [0.5, 0.6) is 0 Å². The normalized spacial score (nSPS) is 11.1. The van der Waals surface area contributed by atoms with E-state index in [1.54, 1.807) is 25.3 Å². The Balaban J connectivity index is 2.19. The van der Waals surface area contributed by atoms with E-state index in [1.807, 2.05) is 29.0 Å². The Morgan fingerprint density at radius 3 is 2.96 bits per heavy atom. The van der Waals surface area contributed by atoms with Gasteiger partial charge in [-0.25, -0.2) is 14.8 Å². The molecule has 6 nitrogen and oxygen atoms in total. The highest BCUT2D eigenvalue weighted by molar-refractivity contribution is 7.80. The monoisotopic (exact) mass is 350 g/mol. The highest BCUT2D eigenvalue weighted by Crippen LogP contribution is 2.06. The first-order valence-electron chi connectivity index (χ1n) is 6.87. The molecule has 0 spiro atoms. The van der Waals surface area contributed by atoms with E-state index < -0.39 is 6.09 Å². The summed E-state index contributed by atoms with van der Waals surface area (Å²) in [7, 11) is 0. The molecule has 0 radical (unpaired) electrons. The number of thiocarbonyl (C=S) groups is 1. The number of alkyl carbamates (subject to hydrolysis) is 1. The van der Waals surface area contributed by atoms with Crippen LogP contribution >= 0.6 is 23.8 Å². The minimum Gasteiger partial charge on any atom is -0.450 e. The third-order valence-electron chi connectivity index (χ3n) is 2.76. The van der Waals surface area contributed by atoms with E-state index >= 15 is 0 Å². The van der Waals surface area contributed by atoms with Crippen molar-refractivity contribution in [3.05, 3.63) is 58.9 Å². The number of ether oxygens (including phenoxy) is 1. The van der Waals surface area contributed by atoms with Crippen molar-refractivity contribution >= 4 is 35.0 Å². The number of hydrogen-bond acceptors (Lipinski definition) is 4. The molecule has 2 heterocycles. The lowest BCUT2D eigenvalue weighted by atomic mass is 10.3.